The third-order valence-corrected chi connectivity index (χ3v) is 4.98. The van der Waals surface area contributed by atoms with Crippen molar-refractivity contribution in [1.82, 2.24) is 4.90 Å². The molecule has 0 aromatic heterocycles. The lowest BCUT2D eigenvalue weighted by molar-refractivity contribution is -0.131. The number of amides is 1. The summed E-state index contributed by atoms with van der Waals surface area (Å²) in [5.74, 6) is -0.143. The van der Waals surface area contributed by atoms with Gasteiger partial charge in [-0.3, -0.25) is 4.79 Å². The van der Waals surface area contributed by atoms with E-state index in [-0.39, 0.29) is 24.1 Å². The van der Waals surface area contributed by atoms with E-state index in [4.69, 9.17) is 0 Å². The fourth-order valence-electron chi connectivity index (χ4n) is 2.84. The highest BCUT2D eigenvalue weighted by molar-refractivity contribution is 7.90. The number of sulfone groups is 1. The van der Waals surface area contributed by atoms with Crippen LogP contribution in [0, 0.1) is 0 Å². The van der Waals surface area contributed by atoms with Gasteiger partial charge in [-0.25, -0.2) is 8.42 Å². The van der Waals surface area contributed by atoms with Crippen LogP contribution in [0.5, 0.6) is 0 Å². The summed E-state index contributed by atoms with van der Waals surface area (Å²) < 4.78 is 22.5. The summed E-state index contributed by atoms with van der Waals surface area (Å²) in [5.41, 5.74) is 2.23. The van der Waals surface area contributed by atoms with Crippen LogP contribution in [0.4, 0.5) is 5.69 Å². The Morgan fingerprint density at radius 1 is 1.36 bits per heavy atom. The molecule has 1 aromatic carbocycles. The summed E-state index contributed by atoms with van der Waals surface area (Å²) in [7, 11) is 0.875. The molecule has 1 aliphatic rings. The van der Waals surface area contributed by atoms with Gasteiger partial charge in [0.15, 0.2) is 0 Å². The van der Waals surface area contributed by atoms with Crippen LogP contribution in [-0.4, -0.2) is 51.9 Å². The molecular formula is C16H24N2O3S. The van der Waals surface area contributed by atoms with Gasteiger partial charge in [0.05, 0.1) is 11.8 Å². The van der Waals surface area contributed by atoms with E-state index in [2.05, 4.69) is 6.07 Å². The van der Waals surface area contributed by atoms with Gasteiger partial charge in [-0.1, -0.05) is 12.1 Å². The fourth-order valence-corrected chi connectivity index (χ4v) is 3.38. The molecule has 1 saturated heterocycles. The summed E-state index contributed by atoms with van der Waals surface area (Å²) in [4.78, 5) is 16.2. The molecule has 1 amide bonds. The normalized spacial score (nSPS) is 18.5. The van der Waals surface area contributed by atoms with E-state index in [0.717, 1.165) is 24.1 Å². The van der Waals surface area contributed by atoms with Gasteiger partial charge in [0.25, 0.3) is 0 Å². The maximum atomic E-state index is 12.3. The van der Waals surface area contributed by atoms with Gasteiger partial charge in [0.2, 0.25) is 5.91 Å². The Labute approximate surface area is 132 Å². The molecule has 0 radical (unpaired) electrons. The highest BCUT2D eigenvalue weighted by Gasteiger charge is 2.30. The molecule has 1 aromatic rings. The van der Waals surface area contributed by atoms with E-state index in [0.29, 0.717) is 6.54 Å². The van der Waals surface area contributed by atoms with Crippen LogP contribution in [0.1, 0.15) is 30.9 Å². The second kappa shape index (κ2) is 6.69. The van der Waals surface area contributed by atoms with Crippen LogP contribution in [0.3, 0.4) is 0 Å². The Kier molecular flexibility index (Phi) is 5.11. The minimum atomic E-state index is -3.10. The van der Waals surface area contributed by atoms with Crippen molar-refractivity contribution in [2.45, 2.75) is 25.3 Å². The summed E-state index contributed by atoms with van der Waals surface area (Å²) in [6.07, 6.45) is 3.13. The molecule has 0 spiro atoms. The van der Waals surface area contributed by atoms with Crippen molar-refractivity contribution in [3.8, 4) is 0 Å². The first kappa shape index (κ1) is 16.8. The van der Waals surface area contributed by atoms with Crippen molar-refractivity contribution < 1.29 is 13.2 Å². The molecule has 0 aliphatic carbocycles. The van der Waals surface area contributed by atoms with Gasteiger partial charge < -0.3 is 9.80 Å². The zero-order chi connectivity index (χ0) is 16.3. The Bertz CT molecular complexity index is 641. The Morgan fingerprint density at radius 2 is 2.09 bits per heavy atom. The molecule has 0 unspecified atom stereocenters. The van der Waals surface area contributed by atoms with E-state index >= 15 is 0 Å². The molecule has 1 aliphatic heterocycles. The van der Waals surface area contributed by atoms with Crippen LogP contribution in [0.25, 0.3) is 0 Å². The monoisotopic (exact) mass is 324 g/mol. The number of carbonyl (C=O) groups excluding carboxylic acids is 1. The van der Waals surface area contributed by atoms with Crippen molar-refractivity contribution in [3.63, 3.8) is 0 Å². The summed E-state index contributed by atoms with van der Waals surface area (Å²) in [6, 6.07) is 8.25. The van der Waals surface area contributed by atoms with E-state index in [9.17, 15) is 13.2 Å². The van der Waals surface area contributed by atoms with Crippen LogP contribution in [-0.2, 0) is 14.6 Å². The molecule has 122 valence electrons. The first-order valence-corrected chi connectivity index (χ1v) is 9.58. The molecule has 0 saturated carbocycles. The predicted octanol–water partition coefficient (Wildman–Crippen LogP) is 1.85. The Balaban J connectivity index is 2.13. The molecule has 1 heterocycles. The average molecular weight is 324 g/mol. The molecule has 1 fully saturated rings. The van der Waals surface area contributed by atoms with Gasteiger partial charge in [-0.15, -0.1) is 0 Å². The second-order valence-corrected chi connectivity index (χ2v) is 8.37. The molecular weight excluding hydrogens is 300 g/mol. The molecule has 5 nitrogen and oxygen atoms in total. The third kappa shape index (κ3) is 4.22. The Hall–Kier alpha value is -1.56. The van der Waals surface area contributed by atoms with Crippen LogP contribution in [0.2, 0.25) is 0 Å². The lowest BCUT2D eigenvalue weighted by Crippen LogP contribution is -2.31. The highest BCUT2D eigenvalue weighted by Crippen LogP contribution is 2.33. The minimum Gasteiger partial charge on any atom is -0.378 e. The SMILES string of the molecule is CN(C)c1cccc([C@@H]2CCCN2C(=O)CCS(C)(=O)=O)c1. The van der Waals surface area contributed by atoms with Gasteiger partial charge in [-0.2, -0.15) is 0 Å². The van der Waals surface area contributed by atoms with E-state index in [1.807, 2.05) is 42.1 Å². The summed E-state index contributed by atoms with van der Waals surface area (Å²) >= 11 is 0. The number of likely N-dealkylation sites (tertiary alicyclic amines) is 1. The Morgan fingerprint density at radius 3 is 2.73 bits per heavy atom. The van der Waals surface area contributed by atoms with E-state index in [1.165, 1.54) is 6.26 Å². The zero-order valence-electron chi connectivity index (χ0n) is 13.4. The predicted molar refractivity (Wildman–Crippen MR) is 88.8 cm³/mol. The number of anilines is 1. The largest absolute Gasteiger partial charge is 0.378 e. The molecule has 22 heavy (non-hydrogen) atoms. The van der Waals surface area contributed by atoms with Gasteiger partial charge >= 0.3 is 0 Å². The van der Waals surface area contributed by atoms with Crippen molar-refractivity contribution in [3.05, 3.63) is 29.8 Å². The van der Waals surface area contributed by atoms with Crippen LogP contribution in [0.15, 0.2) is 24.3 Å². The maximum absolute atomic E-state index is 12.3. The van der Waals surface area contributed by atoms with Crippen LogP contribution < -0.4 is 4.90 Å². The first-order valence-electron chi connectivity index (χ1n) is 7.52. The highest BCUT2D eigenvalue weighted by atomic mass is 32.2. The first-order chi connectivity index (χ1) is 10.3. The van der Waals surface area contributed by atoms with Gasteiger partial charge in [0, 0.05) is 39.0 Å². The van der Waals surface area contributed by atoms with Crippen molar-refractivity contribution >= 4 is 21.4 Å². The van der Waals surface area contributed by atoms with Crippen molar-refractivity contribution in [1.29, 1.82) is 0 Å². The number of rotatable bonds is 5. The number of nitrogens with zero attached hydrogens (tertiary/aromatic N) is 2. The smallest absolute Gasteiger partial charge is 0.224 e. The third-order valence-electron chi connectivity index (χ3n) is 4.03. The van der Waals surface area contributed by atoms with Gasteiger partial charge in [0.1, 0.15) is 9.84 Å². The van der Waals surface area contributed by atoms with Crippen molar-refractivity contribution in [2.24, 2.45) is 0 Å². The minimum absolute atomic E-state index is 0.0620. The van der Waals surface area contributed by atoms with E-state index in [1.54, 1.807) is 0 Å². The number of carbonyl (C=O) groups is 1. The lowest BCUT2D eigenvalue weighted by Gasteiger charge is -2.26. The quantitative estimate of drug-likeness (QED) is 0.829. The number of benzene rings is 1. The average Bonchev–Trinajstić information content (AvgIpc) is 2.93. The molecule has 6 heteroatoms. The van der Waals surface area contributed by atoms with Crippen LogP contribution >= 0.6 is 0 Å². The second-order valence-electron chi connectivity index (χ2n) is 6.11. The zero-order valence-corrected chi connectivity index (χ0v) is 14.3. The van der Waals surface area contributed by atoms with Crippen molar-refractivity contribution in [2.75, 3.05) is 37.5 Å². The summed E-state index contributed by atoms with van der Waals surface area (Å²) in [5, 5.41) is 0. The number of hydrogen-bond acceptors (Lipinski definition) is 4. The maximum Gasteiger partial charge on any atom is 0.224 e. The topological polar surface area (TPSA) is 57.7 Å². The molecule has 1 atom stereocenters. The lowest BCUT2D eigenvalue weighted by atomic mass is 10.0. The molecule has 2 rings (SSSR count). The molecule has 0 N–H and O–H groups in total. The number of hydrogen-bond donors (Lipinski definition) is 0. The standard InChI is InChI=1S/C16H24N2O3S/c1-17(2)14-7-4-6-13(12-14)15-8-5-10-18(15)16(19)9-11-22(3,20)21/h4,6-7,12,15H,5,8-11H2,1-3H3/t15-/m0/s1. The summed E-state index contributed by atoms with van der Waals surface area (Å²) in [6.45, 7) is 0.708. The van der Waals surface area contributed by atoms with E-state index < -0.39 is 9.84 Å². The fraction of sp³-hybridized carbons (Fsp3) is 0.562. The van der Waals surface area contributed by atoms with Gasteiger partial charge in [-0.05, 0) is 30.5 Å². The molecule has 0 bridgehead atoms.